The quantitative estimate of drug-likeness (QED) is 0.431. The molecule has 0 saturated heterocycles. The lowest BCUT2D eigenvalue weighted by Gasteiger charge is -2.24. The third-order valence-corrected chi connectivity index (χ3v) is 7.38. The van der Waals surface area contributed by atoms with Crippen LogP contribution in [-0.2, 0) is 34.2 Å². The Morgan fingerprint density at radius 3 is 2.21 bits per heavy atom. The Kier molecular flexibility index (Phi) is 8.71. The summed E-state index contributed by atoms with van der Waals surface area (Å²) < 4.78 is 33.5. The normalized spacial score (nSPS) is 11.1. The molecule has 0 heterocycles. The molecule has 0 radical (unpaired) electrons. The highest BCUT2D eigenvalue weighted by molar-refractivity contribution is 7.92. The van der Waals surface area contributed by atoms with Gasteiger partial charge in [0.15, 0.2) is 0 Å². The van der Waals surface area contributed by atoms with Crippen molar-refractivity contribution in [1.29, 1.82) is 0 Å². The first-order valence-corrected chi connectivity index (χ1v) is 13.0. The van der Waals surface area contributed by atoms with Gasteiger partial charge in [-0.2, -0.15) is 0 Å². The van der Waals surface area contributed by atoms with Gasteiger partial charge in [-0.3, -0.25) is 9.10 Å². The highest BCUT2D eigenvalue weighted by atomic mass is 32.2. The van der Waals surface area contributed by atoms with Crippen molar-refractivity contribution in [3.63, 3.8) is 0 Å². The van der Waals surface area contributed by atoms with Crippen molar-refractivity contribution >= 4 is 21.6 Å². The zero-order valence-corrected chi connectivity index (χ0v) is 20.8. The van der Waals surface area contributed by atoms with Gasteiger partial charge < -0.3 is 10.1 Å². The minimum Gasteiger partial charge on any atom is -0.494 e. The average molecular weight is 481 g/mol. The van der Waals surface area contributed by atoms with E-state index in [2.05, 4.69) is 37.4 Å². The molecule has 0 aromatic heterocycles. The van der Waals surface area contributed by atoms with Gasteiger partial charge in [0.25, 0.3) is 10.0 Å². The zero-order chi connectivity index (χ0) is 24.6. The SMILES string of the molecule is CCOc1ccc(N(CC(=O)NCc2cc(CC)ccc2CC)S(=O)(=O)c2ccccc2)cc1. The van der Waals surface area contributed by atoms with Crippen LogP contribution >= 0.6 is 0 Å². The Labute approximate surface area is 202 Å². The summed E-state index contributed by atoms with van der Waals surface area (Å²) in [7, 11) is -3.95. The smallest absolute Gasteiger partial charge is 0.264 e. The van der Waals surface area contributed by atoms with Gasteiger partial charge in [0.2, 0.25) is 5.91 Å². The number of ether oxygens (including phenoxy) is 1. The average Bonchev–Trinajstić information content (AvgIpc) is 2.87. The number of hydrogen-bond acceptors (Lipinski definition) is 4. The monoisotopic (exact) mass is 480 g/mol. The molecule has 0 aliphatic heterocycles. The second kappa shape index (κ2) is 11.7. The summed E-state index contributed by atoms with van der Waals surface area (Å²) in [6, 6.07) is 21.1. The Hall–Kier alpha value is -3.32. The van der Waals surface area contributed by atoms with Crippen LogP contribution in [0.25, 0.3) is 0 Å². The number of amides is 1. The molecule has 0 unspecified atom stereocenters. The fourth-order valence-corrected chi connectivity index (χ4v) is 5.14. The number of nitrogens with one attached hydrogen (secondary N) is 1. The molecule has 0 fully saturated rings. The molecule has 0 bridgehead atoms. The van der Waals surface area contributed by atoms with Gasteiger partial charge >= 0.3 is 0 Å². The summed E-state index contributed by atoms with van der Waals surface area (Å²) in [4.78, 5) is 13.1. The summed E-state index contributed by atoms with van der Waals surface area (Å²) in [5.74, 6) is 0.257. The van der Waals surface area contributed by atoms with Crippen LogP contribution in [0.2, 0.25) is 0 Å². The van der Waals surface area contributed by atoms with E-state index in [0.717, 1.165) is 28.3 Å². The lowest BCUT2D eigenvalue weighted by molar-refractivity contribution is -0.119. The van der Waals surface area contributed by atoms with Gasteiger partial charge in [0.05, 0.1) is 17.2 Å². The van der Waals surface area contributed by atoms with E-state index in [9.17, 15) is 13.2 Å². The fraction of sp³-hybridized carbons (Fsp3) is 0.296. The molecule has 0 saturated carbocycles. The molecule has 0 aliphatic carbocycles. The maximum atomic E-state index is 13.5. The van der Waals surface area contributed by atoms with E-state index < -0.39 is 10.0 Å². The predicted octanol–water partition coefficient (Wildman–Crippen LogP) is 4.72. The van der Waals surface area contributed by atoms with E-state index in [4.69, 9.17) is 4.74 Å². The molecule has 0 aliphatic rings. The highest BCUT2D eigenvalue weighted by Crippen LogP contribution is 2.26. The highest BCUT2D eigenvalue weighted by Gasteiger charge is 2.27. The van der Waals surface area contributed by atoms with Gasteiger partial charge in [-0.05, 0) is 72.9 Å². The predicted molar refractivity (Wildman–Crippen MR) is 136 cm³/mol. The molecule has 1 N–H and O–H groups in total. The van der Waals surface area contributed by atoms with E-state index in [1.807, 2.05) is 6.92 Å². The first kappa shape index (κ1) is 25.3. The zero-order valence-electron chi connectivity index (χ0n) is 20.0. The standard InChI is InChI=1S/C27H32N2O4S/c1-4-21-12-13-22(5-2)23(18-21)19-28-27(30)20-29(24-14-16-25(17-15-24)33-6-3)34(31,32)26-10-8-7-9-11-26/h7-18H,4-6,19-20H2,1-3H3,(H,28,30). The molecular weight excluding hydrogens is 448 g/mol. The topological polar surface area (TPSA) is 75.7 Å². The molecule has 3 aromatic rings. The number of carbonyl (C=O) groups excluding carboxylic acids is 1. The first-order valence-electron chi connectivity index (χ1n) is 11.6. The van der Waals surface area contributed by atoms with Gasteiger partial charge in [0, 0.05) is 6.54 Å². The lowest BCUT2D eigenvalue weighted by atomic mass is 10.0. The van der Waals surface area contributed by atoms with E-state index in [1.165, 1.54) is 17.7 Å². The summed E-state index contributed by atoms with van der Waals surface area (Å²) in [6.45, 7) is 6.56. The van der Waals surface area contributed by atoms with Crippen molar-refractivity contribution in [3.8, 4) is 5.75 Å². The second-order valence-electron chi connectivity index (χ2n) is 7.84. The van der Waals surface area contributed by atoms with Crippen molar-refractivity contribution in [3.05, 3.63) is 89.5 Å². The molecule has 3 aromatic carbocycles. The number of aryl methyl sites for hydroxylation is 2. The number of sulfonamides is 1. The van der Waals surface area contributed by atoms with Gasteiger partial charge in [-0.1, -0.05) is 50.2 Å². The molecule has 7 heteroatoms. The molecule has 1 amide bonds. The van der Waals surface area contributed by atoms with Gasteiger partial charge in [-0.25, -0.2) is 8.42 Å². The number of benzene rings is 3. The van der Waals surface area contributed by atoms with Crippen LogP contribution in [0.4, 0.5) is 5.69 Å². The number of nitrogens with zero attached hydrogens (tertiary/aromatic N) is 1. The summed E-state index contributed by atoms with van der Waals surface area (Å²) in [6.07, 6.45) is 1.77. The number of carbonyl (C=O) groups is 1. The first-order chi connectivity index (χ1) is 16.4. The van der Waals surface area contributed by atoms with Gasteiger partial charge in [-0.15, -0.1) is 0 Å². The Morgan fingerprint density at radius 1 is 0.882 bits per heavy atom. The summed E-state index contributed by atoms with van der Waals surface area (Å²) in [5.41, 5.74) is 3.81. The van der Waals surface area contributed by atoms with Crippen molar-refractivity contribution in [2.75, 3.05) is 17.5 Å². The second-order valence-corrected chi connectivity index (χ2v) is 9.70. The molecule has 6 nitrogen and oxygen atoms in total. The Bertz CT molecular complexity index is 1190. The Balaban J connectivity index is 1.85. The third-order valence-electron chi connectivity index (χ3n) is 5.59. The Morgan fingerprint density at radius 2 is 1.59 bits per heavy atom. The lowest BCUT2D eigenvalue weighted by Crippen LogP contribution is -2.40. The molecule has 34 heavy (non-hydrogen) atoms. The van der Waals surface area contributed by atoms with E-state index in [-0.39, 0.29) is 17.3 Å². The van der Waals surface area contributed by atoms with Crippen molar-refractivity contribution in [2.24, 2.45) is 0 Å². The van der Waals surface area contributed by atoms with Crippen LogP contribution in [0.15, 0.2) is 77.7 Å². The number of anilines is 1. The fourth-order valence-electron chi connectivity index (χ4n) is 3.70. The van der Waals surface area contributed by atoms with Crippen molar-refractivity contribution < 1.29 is 17.9 Å². The van der Waals surface area contributed by atoms with Crippen LogP contribution in [0.5, 0.6) is 5.75 Å². The van der Waals surface area contributed by atoms with E-state index in [1.54, 1.807) is 42.5 Å². The summed E-state index contributed by atoms with van der Waals surface area (Å²) in [5, 5.41) is 2.91. The van der Waals surface area contributed by atoms with Crippen molar-refractivity contribution in [1.82, 2.24) is 5.32 Å². The van der Waals surface area contributed by atoms with Crippen LogP contribution in [-0.4, -0.2) is 27.5 Å². The van der Waals surface area contributed by atoms with Gasteiger partial charge in [0.1, 0.15) is 12.3 Å². The maximum Gasteiger partial charge on any atom is 0.264 e. The molecular formula is C27H32N2O4S. The van der Waals surface area contributed by atoms with Crippen LogP contribution in [0.1, 0.15) is 37.5 Å². The number of rotatable bonds is 11. The minimum absolute atomic E-state index is 0.126. The third kappa shape index (κ3) is 6.17. The van der Waals surface area contributed by atoms with Crippen LogP contribution in [0, 0.1) is 0 Å². The molecule has 0 atom stereocenters. The van der Waals surface area contributed by atoms with Crippen LogP contribution < -0.4 is 14.4 Å². The largest absolute Gasteiger partial charge is 0.494 e. The molecule has 3 rings (SSSR count). The minimum atomic E-state index is -3.95. The van der Waals surface area contributed by atoms with E-state index in [0.29, 0.717) is 24.6 Å². The van der Waals surface area contributed by atoms with E-state index >= 15 is 0 Å². The maximum absolute atomic E-state index is 13.5. The summed E-state index contributed by atoms with van der Waals surface area (Å²) >= 11 is 0. The molecule has 180 valence electrons. The van der Waals surface area contributed by atoms with Crippen LogP contribution in [0.3, 0.4) is 0 Å². The number of hydrogen-bond donors (Lipinski definition) is 1. The molecule has 0 spiro atoms. The van der Waals surface area contributed by atoms with Crippen molar-refractivity contribution in [2.45, 2.75) is 45.1 Å².